The highest BCUT2D eigenvalue weighted by molar-refractivity contribution is 8.00. The maximum atomic E-state index is 10.3. The van der Waals surface area contributed by atoms with Crippen LogP contribution in [-0.4, -0.2) is 20.6 Å². The van der Waals surface area contributed by atoms with Crippen molar-refractivity contribution in [2.75, 3.05) is 24.3 Å². The summed E-state index contributed by atoms with van der Waals surface area (Å²) < 4.78 is 13.7. The summed E-state index contributed by atoms with van der Waals surface area (Å²) in [5.74, 6) is 1.49. The van der Waals surface area contributed by atoms with Crippen molar-refractivity contribution in [2.45, 2.75) is 4.90 Å². The van der Waals surface area contributed by atoms with Crippen LogP contribution in [0.2, 0.25) is 0 Å². The number of hydrogen-bond donors (Lipinski definition) is 2. The fourth-order valence-electron chi connectivity index (χ4n) is 1.69. The monoisotopic (exact) mass is 304 g/mol. The molecule has 0 heterocycles. The van der Waals surface area contributed by atoms with Crippen LogP contribution in [-0.2, 0) is 4.79 Å². The fourth-order valence-corrected chi connectivity index (χ4v) is 2.35. The predicted molar refractivity (Wildman–Crippen MR) is 85.2 cm³/mol. The quantitative estimate of drug-likeness (QED) is 0.606. The second kappa shape index (κ2) is 7.44. The van der Waals surface area contributed by atoms with Crippen LogP contribution in [0.15, 0.2) is 47.4 Å². The Morgan fingerprint density at radius 3 is 2.43 bits per heavy atom. The molecule has 2 N–H and O–H groups in total. The van der Waals surface area contributed by atoms with E-state index in [4.69, 9.17) is 9.47 Å². The molecule has 0 unspecified atom stereocenters. The molecule has 0 radical (unpaired) electrons. The van der Waals surface area contributed by atoms with Crippen molar-refractivity contribution >= 4 is 29.7 Å². The SMILES string of the molecule is COc1ccc(OC)c(NSc2ccc(NC=O)cc2)c1. The van der Waals surface area contributed by atoms with Gasteiger partial charge in [0.25, 0.3) is 0 Å². The predicted octanol–water partition coefficient (Wildman–Crippen LogP) is 3.39. The number of benzene rings is 2. The molecule has 0 aliphatic carbocycles. The van der Waals surface area contributed by atoms with Crippen molar-refractivity contribution in [3.05, 3.63) is 42.5 Å². The average molecular weight is 304 g/mol. The van der Waals surface area contributed by atoms with Gasteiger partial charge >= 0.3 is 0 Å². The Hall–Kier alpha value is -2.34. The summed E-state index contributed by atoms with van der Waals surface area (Å²) >= 11 is 1.45. The minimum atomic E-state index is 0.654. The zero-order valence-corrected chi connectivity index (χ0v) is 12.6. The first-order valence-electron chi connectivity index (χ1n) is 6.22. The van der Waals surface area contributed by atoms with E-state index in [2.05, 4.69) is 10.0 Å². The van der Waals surface area contributed by atoms with Gasteiger partial charge in [-0.1, -0.05) is 0 Å². The van der Waals surface area contributed by atoms with E-state index in [-0.39, 0.29) is 0 Å². The van der Waals surface area contributed by atoms with E-state index in [1.54, 1.807) is 14.2 Å². The molecule has 1 amide bonds. The molecule has 0 aliphatic rings. The standard InChI is InChI=1S/C15H16N2O3S/c1-19-12-5-8-15(20-2)14(9-12)17-21-13-6-3-11(4-7-13)16-10-18/h3-10,17H,1-2H3,(H,16,18). The molecule has 0 fully saturated rings. The summed E-state index contributed by atoms with van der Waals surface area (Å²) in [4.78, 5) is 11.4. The molecule has 0 saturated carbocycles. The number of hydrogen-bond acceptors (Lipinski definition) is 5. The number of nitrogens with one attached hydrogen (secondary N) is 2. The Kier molecular flexibility index (Phi) is 5.34. The zero-order valence-electron chi connectivity index (χ0n) is 11.8. The van der Waals surface area contributed by atoms with Gasteiger partial charge in [-0.05, 0) is 48.3 Å². The van der Waals surface area contributed by atoms with E-state index in [0.717, 1.165) is 27.8 Å². The molecule has 2 rings (SSSR count). The van der Waals surface area contributed by atoms with Gasteiger partial charge in [0.1, 0.15) is 11.5 Å². The van der Waals surface area contributed by atoms with Crippen LogP contribution >= 0.6 is 11.9 Å². The highest BCUT2D eigenvalue weighted by Gasteiger charge is 2.05. The van der Waals surface area contributed by atoms with E-state index in [0.29, 0.717) is 6.41 Å². The Morgan fingerprint density at radius 2 is 1.81 bits per heavy atom. The summed E-state index contributed by atoms with van der Waals surface area (Å²) in [7, 11) is 3.25. The molecule has 0 aromatic heterocycles. The van der Waals surface area contributed by atoms with Crippen molar-refractivity contribution in [1.29, 1.82) is 0 Å². The summed E-state index contributed by atoms with van der Waals surface area (Å²) in [6.45, 7) is 0. The maximum Gasteiger partial charge on any atom is 0.211 e. The van der Waals surface area contributed by atoms with Gasteiger partial charge in [-0.25, -0.2) is 0 Å². The first kappa shape index (κ1) is 15.1. The van der Waals surface area contributed by atoms with E-state index < -0.39 is 0 Å². The van der Waals surface area contributed by atoms with Gasteiger partial charge in [-0.15, -0.1) is 0 Å². The second-order valence-corrected chi connectivity index (χ2v) is 4.94. The summed E-state index contributed by atoms with van der Waals surface area (Å²) in [5, 5.41) is 2.60. The summed E-state index contributed by atoms with van der Waals surface area (Å²) in [5.41, 5.74) is 1.59. The lowest BCUT2D eigenvalue weighted by Crippen LogP contribution is -1.95. The van der Waals surface area contributed by atoms with Gasteiger partial charge < -0.3 is 19.5 Å². The van der Waals surface area contributed by atoms with Gasteiger partial charge in [0.15, 0.2) is 0 Å². The molecule has 5 nitrogen and oxygen atoms in total. The lowest BCUT2D eigenvalue weighted by atomic mass is 10.3. The number of carbonyl (C=O) groups excluding carboxylic acids is 1. The molecule has 0 saturated heterocycles. The van der Waals surface area contributed by atoms with Gasteiger partial charge in [0.05, 0.1) is 19.9 Å². The molecule has 0 aliphatic heterocycles. The van der Waals surface area contributed by atoms with Crippen LogP contribution < -0.4 is 19.5 Å². The number of amides is 1. The summed E-state index contributed by atoms with van der Waals surface area (Å²) in [6, 6.07) is 13.1. The molecule has 2 aromatic carbocycles. The Labute approximate surface area is 127 Å². The number of anilines is 2. The van der Waals surface area contributed by atoms with Crippen molar-refractivity contribution in [2.24, 2.45) is 0 Å². The molecule has 0 bridgehead atoms. The van der Waals surface area contributed by atoms with Crippen LogP contribution in [0.1, 0.15) is 0 Å². The van der Waals surface area contributed by atoms with E-state index in [1.165, 1.54) is 11.9 Å². The topological polar surface area (TPSA) is 59.6 Å². The van der Waals surface area contributed by atoms with Crippen molar-refractivity contribution in [3.8, 4) is 11.5 Å². The summed E-state index contributed by atoms with van der Waals surface area (Å²) in [6.07, 6.45) is 0.654. The third kappa shape index (κ3) is 4.06. The largest absolute Gasteiger partial charge is 0.497 e. The van der Waals surface area contributed by atoms with Crippen LogP contribution in [0.5, 0.6) is 11.5 Å². The van der Waals surface area contributed by atoms with Crippen molar-refractivity contribution in [1.82, 2.24) is 0 Å². The van der Waals surface area contributed by atoms with Crippen LogP contribution in [0.4, 0.5) is 11.4 Å². The minimum absolute atomic E-state index is 0.654. The number of methoxy groups -OCH3 is 2. The highest BCUT2D eigenvalue weighted by atomic mass is 32.2. The first-order valence-corrected chi connectivity index (χ1v) is 7.03. The third-order valence-electron chi connectivity index (χ3n) is 2.77. The molecule has 0 atom stereocenters. The van der Waals surface area contributed by atoms with E-state index >= 15 is 0 Å². The molecular formula is C15H16N2O3S. The Bertz CT molecular complexity index is 602. The average Bonchev–Trinajstić information content (AvgIpc) is 2.54. The van der Waals surface area contributed by atoms with Crippen LogP contribution in [0.25, 0.3) is 0 Å². The van der Waals surface area contributed by atoms with E-state index in [1.807, 2.05) is 42.5 Å². The number of rotatable bonds is 7. The molecule has 0 spiro atoms. The van der Waals surface area contributed by atoms with Crippen molar-refractivity contribution in [3.63, 3.8) is 0 Å². The number of carbonyl (C=O) groups is 1. The molecule has 21 heavy (non-hydrogen) atoms. The zero-order chi connectivity index (χ0) is 15.1. The molecule has 6 heteroatoms. The van der Waals surface area contributed by atoms with Gasteiger partial charge in [-0.3, -0.25) is 4.79 Å². The van der Waals surface area contributed by atoms with Gasteiger partial charge in [0, 0.05) is 16.6 Å². The second-order valence-electron chi connectivity index (χ2n) is 4.06. The smallest absolute Gasteiger partial charge is 0.211 e. The first-order chi connectivity index (χ1) is 10.3. The lowest BCUT2D eigenvalue weighted by molar-refractivity contribution is -0.105. The maximum absolute atomic E-state index is 10.3. The molecule has 110 valence electrons. The van der Waals surface area contributed by atoms with Crippen LogP contribution in [0, 0.1) is 0 Å². The highest BCUT2D eigenvalue weighted by Crippen LogP contribution is 2.32. The van der Waals surface area contributed by atoms with Crippen molar-refractivity contribution < 1.29 is 14.3 Å². The van der Waals surface area contributed by atoms with Gasteiger partial charge in [-0.2, -0.15) is 0 Å². The molecule has 2 aromatic rings. The number of ether oxygens (including phenoxy) is 2. The van der Waals surface area contributed by atoms with Gasteiger partial charge in [0.2, 0.25) is 6.41 Å². The normalized spacial score (nSPS) is 9.81. The minimum Gasteiger partial charge on any atom is -0.497 e. The fraction of sp³-hybridized carbons (Fsp3) is 0.133. The van der Waals surface area contributed by atoms with Crippen LogP contribution in [0.3, 0.4) is 0 Å². The molecular weight excluding hydrogens is 288 g/mol. The Balaban J connectivity index is 2.06. The van der Waals surface area contributed by atoms with E-state index in [9.17, 15) is 4.79 Å². The third-order valence-corrected chi connectivity index (χ3v) is 3.60. The lowest BCUT2D eigenvalue weighted by Gasteiger charge is -2.12. The Morgan fingerprint density at radius 1 is 1.05 bits per heavy atom.